The first-order chi connectivity index (χ1) is 7.87. The lowest BCUT2D eigenvalue weighted by atomic mass is 10.1. The molecule has 0 aromatic heterocycles. The molecule has 0 aromatic rings. The summed E-state index contributed by atoms with van der Waals surface area (Å²) in [5.74, 6) is -3.44. The number of ketones is 1. The van der Waals surface area contributed by atoms with E-state index < -0.39 is 36.8 Å². The average Bonchev–Trinajstić information content (AvgIpc) is 2.55. The van der Waals surface area contributed by atoms with E-state index in [0.29, 0.717) is 6.42 Å². The van der Waals surface area contributed by atoms with Crippen LogP contribution in [0.4, 0.5) is 13.6 Å². The molecular formula is C11H17F2NO3. The third kappa shape index (κ3) is 3.64. The molecule has 1 saturated heterocycles. The second-order valence-corrected chi connectivity index (χ2v) is 4.28. The van der Waals surface area contributed by atoms with Gasteiger partial charge in [0.15, 0.2) is 5.78 Å². The molecule has 98 valence electrons. The van der Waals surface area contributed by atoms with E-state index in [9.17, 15) is 18.4 Å². The molecular weight excluding hydrogens is 232 g/mol. The van der Waals surface area contributed by atoms with Gasteiger partial charge in [0, 0.05) is 6.42 Å². The molecule has 0 radical (unpaired) electrons. The zero-order valence-electron chi connectivity index (χ0n) is 10.0. The molecule has 0 unspecified atom stereocenters. The second kappa shape index (κ2) is 5.42. The fourth-order valence-electron chi connectivity index (χ4n) is 1.76. The number of carbonyl (C=O) groups excluding carboxylic acids is 2. The molecule has 1 amide bonds. The fourth-order valence-corrected chi connectivity index (χ4v) is 1.76. The fraction of sp³-hybridized carbons (Fsp3) is 0.818. The minimum atomic E-state index is -3.00. The predicted molar refractivity (Wildman–Crippen MR) is 57.0 cm³/mol. The normalized spacial score (nSPS) is 22.6. The standard InChI is InChI=1S/C11H17F2NO3/c1-3-4-5-17-10(16)14-7-11(12,13)6-9(14)8(2)15/h9H,3-7H2,1-2H3/t9-/m0/s1. The van der Waals surface area contributed by atoms with Crippen molar-refractivity contribution in [3.63, 3.8) is 0 Å². The smallest absolute Gasteiger partial charge is 0.410 e. The van der Waals surface area contributed by atoms with Gasteiger partial charge in [0.05, 0.1) is 19.2 Å². The molecule has 1 atom stereocenters. The summed E-state index contributed by atoms with van der Waals surface area (Å²) in [6, 6.07) is -1.06. The Balaban J connectivity index is 2.61. The van der Waals surface area contributed by atoms with Gasteiger partial charge < -0.3 is 4.74 Å². The number of rotatable bonds is 4. The van der Waals surface area contributed by atoms with E-state index in [1.165, 1.54) is 6.92 Å². The highest BCUT2D eigenvalue weighted by Crippen LogP contribution is 2.32. The number of nitrogens with zero attached hydrogens (tertiary/aromatic N) is 1. The SMILES string of the molecule is CCCCOC(=O)N1CC(F)(F)C[C@H]1C(C)=O. The summed E-state index contributed by atoms with van der Waals surface area (Å²) in [4.78, 5) is 23.6. The minimum Gasteiger partial charge on any atom is -0.449 e. The van der Waals surface area contributed by atoms with Crippen LogP contribution in [-0.2, 0) is 9.53 Å². The molecule has 0 aliphatic carbocycles. The zero-order valence-corrected chi connectivity index (χ0v) is 10.0. The first-order valence-electron chi connectivity index (χ1n) is 5.69. The number of hydrogen-bond acceptors (Lipinski definition) is 3. The van der Waals surface area contributed by atoms with Crippen molar-refractivity contribution in [2.24, 2.45) is 0 Å². The lowest BCUT2D eigenvalue weighted by Gasteiger charge is -2.21. The van der Waals surface area contributed by atoms with Crippen molar-refractivity contribution in [1.82, 2.24) is 4.90 Å². The van der Waals surface area contributed by atoms with Crippen LogP contribution in [-0.4, -0.2) is 41.9 Å². The molecule has 1 aliphatic rings. The van der Waals surface area contributed by atoms with Gasteiger partial charge in [-0.15, -0.1) is 0 Å². The quantitative estimate of drug-likeness (QED) is 0.718. The van der Waals surface area contributed by atoms with Crippen molar-refractivity contribution in [1.29, 1.82) is 0 Å². The van der Waals surface area contributed by atoms with Gasteiger partial charge in [0.25, 0.3) is 5.92 Å². The largest absolute Gasteiger partial charge is 0.449 e. The zero-order chi connectivity index (χ0) is 13.1. The maximum atomic E-state index is 13.2. The lowest BCUT2D eigenvalue weighted by molar-refractivity contribution is -0.121. The average molecular weight is 249 g/mol. The van der Waals surface area contributed by atoms with Gasteiger partial charge in [-0.3, -0.25) is 9.69 Å². The summed E-state index contributed by atoms with van der Waals surface area (Å²) in [5, 5.41) is 0. The first-order valence-corrected chi connectivity index (χ1v) is 5.69. The molecule has 0 bridgehead atoms. The minimum absolute atomic E-state index is 0.196. The topological polar surface area (TPSA) is 46.6 Å². The maximum Gasteiger partial charge on any atom is 0.410 e. The van der Waals surface area contributed by atoms with E-state index in [1.807, 2.05) is 6.92 Å². The van der Waals surface area contributed by atoms with Crippen LogP contribution >= 0.6 is 0 Å². The number of likely N-dealkylation sites (tertiary alicyclic amines) is 1. The Hall–Kier alpha value is -1.20. The summed E-state index contributed by atoms with van der Waals surface area (Å²) in [7, 11) is 0. The molecule has 6 heteroatoms. The molecule has 1 rings (SSSR count). The second-order valence-electron chi connectivity index (χ2n) is 4.28. The third-order valence-corrected chi connectivity index (χ3v) is 2.70. The van der Waals surface area contributed by atoms with E-state index in [-0.39, 0.29) is 6.61 Å². The van der Waals surface area contributed by atoms with Gasteiger partial charge in [-0.05, 0) is 13.3 Å². The molecule has 17 heavy (non-hydrogen) atoms. The van der Waals surface area contributed by atoms with Gasteiger partial charge in [0.1, 0.15) is 0 Å². The van der Waals surface area contributed by atoms with Crippen molar-refractivity contribution >= 4 is 11.9 Å². The predicted octanol–water partition coefficient (Wildman–Crippen LogP) is 2.22. The van der Waals surface area contributed by atoms with Crippen molar-refractivity contribution in [3.8, 4) is 0 Å². The van der Waals surface area contributed by atoms with E-state index in [1.54, 1.807) is 0 Å². The van der Waals surface area contributed by atoms with Crippen molar-refractivity contribution < 1.29 is 23.1 Å². The summed E-state index contributed by atoms with van der Waals surface area (Å²) >= 11 is 0. The Bertz CT molecular complexity index is 307. The molecule has 4 nitrogen and oxygen atoms in total. The number of alkyl halides is 2. The Morgan fingerprint density at radius 3 is 2.65 bits per heavy atom. The van der Waals surface area contributed by atoms with Crippen LogP contribution in [0.25, 0.3) is 0 Å². The molecule has 1 aliphatic heterocycles. The van der Waals surface area contributed by atoms with Gasteiger partial charge in [-0.25, -0.2) is 13.6 Å². The number of unbranched alkanes of at least 4 members (excludes halogenated alkanes) is 1. The van der Waals surface area contributed by atoms with E-state index >= 15 is 0 Å². The summed E-state index contributed by atoms with van der Waals surface area (Å²) in [6.07, 6.45) is 0.0988. The number of halogens is 2. The van der Waals surface area contributed by atoms with E-state index in [0.717, 1.165) is 11.3 Å². The molecule has 0 aromatic carbocycles. The van der Waals surface area contributed by atoms with Crippen LogP contribution < -0.4 is 0 Å². The first kappa shape index (κ1) is 13.9. The third-order valence-electron chi connectivity index (χ3n) is 2.70. The number of amides is 1. The highest BCUT2D eigenvalue weighted by atomic mass is 19.3. The van der Waals surface area contributed by atoms with Gasteiger partial charge in [-0.1, -0.05) is 13.3 Å². The molecule has 1 fully saturated rings. The Morgan fingerprint density at radius 1 is 1.47 bits per heavy atom. The van der Waals surface area contributed by atoms with E-state index in [4.69, 9.17) is 4.74 Å². The van der Waals surface area contributed by atoms with Crippen LogP contribution in [0.5, 0.6) is 0 Å². The monoisotopic (exact) mass is 249 g/mol. The Kier molecular flexibility index (Phi) is 4.42. The number of Topliss-reactive ketones (excluding diaryl/α,β-unsaturated/α-hetero) is 1. The summed E-state index contributed by atoms with van der Waals surface area (Å²) < 4.78 is 31.1. The summed E-state index contributed by atoms with van der Waals surface area (Å²) in [5.41, 5.74) is 0. The molecule has 0 N–H and O–H groups in total. The lowest BCUT2D eigenvalue weighted by Crippen LogP contribution is -2.40. The van der Waals surface area contributed by atoms with Crippen molar-refractivity contribution in [3.05, 3.63) is 0 Å². The Labute approximate surface area is 98.9 Å². The molecule has 1 heterocycles. The number of hydrogen-bond donors (Lipinski definition) is 0. The number of carbonyl (C=O) groups is 2. The molecule has 0 spiro atoms. The van der Waals surface area contributed by atoms with Crippen LogP contribution in [0.1, 0.15) is 33.1 Å². The number of ether oxygens (including phenoxy) is 1. The van der Waals surface area contributed by atoms with Crippen LogP contribution in [0.15, 0.2) is 0 Å². The van der Waals surface area contributed by atoms with Gasteiger partial charge in [-0.2, -0.15) is 0 Å². The van der Waals surface area contributed by atoms with Crippen molar-refractivity contribution in [2.45, 2.75) is 45.1 Å². The summed E-state index contributed by atoms with van der Waals surface area (Å²) in [6.45, 7) is 2.60. The highest BCUT2D eigenvalue weighted by Gasteiger charge is 2.49. The Morgan fingerprint density at radius 2 is 2.12 bits per heavy atom. The highest BCUT2D eigenvalue weighted by molar-refractivity contribution is 5.86. The van der Waals surface area contributed by atoms with Crippen LogP contribution in [0.3, 0.4) is 0 Å². The van der Waals surface area contributed by atoms with Crippen molar-refractivity contribution in [2.75, 3.05) is 13.2 Å². The van der Waals surface area contributed by atoms with Gasteiger partial charge in [0.2, 0.25) is 0 Å². The molecule has 0 saturated carbocycles. The maximum absolute atomic E-state index is 13.2. The van der Waals surface area contributed by atoms with Crippen LogP contribution in [0.2, 0.25) is 0 Å². The van der Waals surface area contributed by atoms with Gasteiger partial charge >= 0.3 is 6.09 Å². The van der Waals surface area contributed by atoms with E-state index in [2.05, 4.69) is 0 Å². The van der Waals surface area contributed by atoms with Crippen LogP contribution in [0, 0.1) is 0 Å².